The molecule has 0 amide bonds. The van der Waals surface area contributed by atoms with Gasteiger partial charge in [0.1, 0.15) is 0 Å². The number of para-hydroxylation sites is 2. The molecule has 0 aliphatic carbocycles. The molecule has 31 heavy (non-hydrogen) atoms. The fourth-order valence-corrected chi connectivity index (χ4v) is 5.93. The molecule has 0 spiro atoms. The Balaban J connectivity index is 1.66. The maximum Gasteiger partial charge on any atom is 0.195 e. The number of anilines is 3. The van der Waals surface area contributed by atoms with Crippen LogP contribution in [0.25, 0.3) is 20.2 Å². The summed E-state index contributed by atoms with van der Waals surface area (Å²) in [6, 6.07) is 31.3. The van der Waals surface area contributed by atoms with E-state index in [0.29, 0.717) is 0 Å². The van der Waals surface area contributed by atoms with Gasteiger partial charge < -0.3 is 4.90 Å². The second kappa shape index (κ2) is 6.53. The first-order valence-electron chi connectivity index (χ1n) is 10.5. The molecular weight excluding hydrogens is 398 g/mol. The van der Waals surface area contributed by atoms with E-state index in [1.54, 1.807) is 11.3 Å². The van der Waals surface area contributed by atoms with Gasteiger partial charge in [-0.25, -0.2) is 0 Å². The standard InChI is InChI=1S/C28H21NOS/c1-28(2)21-10-4-6-12-23(21)29(24-13-7-5-11-22(24)28)18-15-16-26-20(17-18)27(30)19-9-3-8-14-25(19)31-26/h3-17H,1-2H3. The summed E-state index contributed by atoms with van der Waals surface area (Å²) in [5, 5.41) is 1.57. The maximum absolute atomic E-state index is 13.3. The molecule has 2 heterocycles. The minimum Gasteiger partial charge on any atom is -0.310 e. The normalized spacial score (nSPS) is 14.5. The van der Waals surface area contributed by atoms with E-state index in [1.165, 1.54) is 22.5 Å². The third-order valence-electron chi connectivity index (χ3n) is 6.45. The summed E-state index contributed by atoms with van der Waals surface area (Å²) >= 11 is 1.67. The van der Waals surface area contributed by atoms with Crippen LogP contribution in [0, 0.1) is 0 Å². The van der Waals surface area contributed by atoms with E-state index >= 15 is 0 Å². The predicted molar refractivity (Wildman–Crippen MR) is 132 cm³/mol. The van der Waals surface area contributed by atoms with E-state index in [9.17, 15) is 4.79 Å². The molecule has 0 radical (unpaired) electrons. The monoisotopic (exact) mass is 419 g/mol. The Morgan fingerprint density at radius 3 is 1.97 bits per heavy atom. The lowest BCUT2D eigenvalue weighted by molar-refractivity contribution is 0.632. The smallest absolute Gasteiger partial charge is 0.195 e. The molecule has 0 atom stereocenters. The van der Waals surface area contributed by atoms with Crippen LogP contribution in [0.1, 0.15) is 25.0 Å². The summed E-state index contributed by atoms with van der Waals surface area (Å²) in [5.41, 5.74) is 5.94. The van der Waals surface area contributed by atoms with Crippen molar-refractivity contribution in [1.29, 1.82) is 0 Å². The van der Waals surface area contributed by atoms with Crippen LogP contribution in [0.4, 0.5) is 17.1 Å². The molecule has 1 aromatic heterocycles. The van der Waals surface area contributed by atoms with Crippen LogP contribution in [0.3, 0.4) is 0 Å². The number of rotatable bonds is 1. The number of hydrogen-bond acceptors (Lipinski definition) is 3. The van der Waals surface area contributed by atoms with Gasteiger partial charge in [0.2, 0.25) is 0 Å². The zero-order chi connectivity index (χ0) is 21.2. The van der Waals surface area contributed by atoms with Crippen LogP contribution in [0.5, 0.6) is 0 Å². The third kappa shape index (κ3) is 2.60. The van der Waals surface area contributed by atoms with Gasteiger partial charge in [-0.1, -0.05) is 62.4 Å². The van der Waals surface area contributed by atoms with Crippen molar-refractivity contribution in [3.63, 3.8) is 0 Å². The zero-order valence-corrected chi connectivity index (χ0v) is 18.2. The van der Waals surface area contributed by atoms with E-state index in [1.807, 2.05) is 24.3 Å². The summed E-state index contributed by atoms with van der Waals surface area (Å²) in [7, 11) is 0. The second-order valence-corrected chi connectivity index (χ2v) is 9.69. The van der Waals surface area contributed by atoms with Gasteiger partial charge in [0.15, 0.2) is 5.43 Å². The fraction of sp³-hybridized carbons (Fsp3) is 0.107. The van der Waals surface area contributed by atoms with Crippen LogP contribution in [-0.2, 0) is 5.41 Å². The lowest BCUT2D eigenvalue weighted by Gasteiger charge is -2.42. The van der Waals surface area contributed by atoms with Crippen molar-refractivity contribution in [3.05, 3.63) is 112 Å². The molecule has 6 rings (SSSR count). The minimum absolute atomic E-state index is 0.0947. The average Bonchev–Trinajstić information content (AvgIpc) is 2.80. The van der Waals surface area contributed by atoms with Gasteiger partial charge in [0.25, 0.3) is 0 Å². The summed E-state index contributed by atoms with van der Waals surface area (Å²) < 4.78 is 2.05. The van der Waals surface area contributed by atoms with Gasteiger partial charge in [-0.2, -0.15) is 0 Å². The summed E-state index contributed by atoms with van der Waals surface area (Å²) in [6.45, 7) is 4.57. The Labute approximate surface area is 185 Å². The fourth-order valence-electron chi connectivity index (χ4n) is 4.88. The highest BCUT2D eigenvalue weighted by atomic mass is 32.1. The molecule has 0 N–H and O–H groups in total. The Morgan fingerprint density at radius 2 is 1.26 bits per heavy atom. The van der Waals surface area contributed by atoms with Crippen molar-refractivity contribution >= 4 is 48.6 Å². The molecule has 4 aromatic carbocycles. The van der Waals surface area contributed by atoms with E-state index in [4.69, 9.17) is 0 Å². The zero-order valence-electron chi connectivity index (χ0n) is 17.4. The molecule has 1 aliphatic heterocycles. The molecule has 0 fully saturated rings. The van der Waals surface area contributed by atoms with Gasteiger partial charge in [-0.05, 0) is 53.6 Å². The lowest BCUT2D eigenvalue weighted by atomic mass is 9.73. The van der Waals surface area contributed by atoms with Crippen LogP contribution >= 0.6 is 11.3 Å². The Kier molecular flexibility index (Phi) is 3.87. The molecule has 0 bridgehead atoms. The van der Waals surface area contributed by atoms with Crippen LogP contribution in [0.2, 0.25) is 0 Å². The summed E-state index contributed by atoms with van der Waals surface area (Å²) in [5.74, 6) is 0. The average molecular weight is 420 g/mol. The Hall–Kier alpha value is -3.43. The van der Waals surface area contributed by atoms with Crippen molar-refractivity contribution in [2.45, 2.75) is 19.3 Å². The summed E-state index contributed by atoms with van der Waals surface area (Å²) in [4.78, 5) is 15.6. The molecule has 1 aliphatic rings. The molecule has 2 nitrogen and oxygen atoms in total. The molecule has 5 aromatic rings. The number of hydrogen-bond donors (Lipinski definition) is 0. The largest absolute Gasteiger partial charge is 0.310 e. The van der Waals surface area contributed by atoms with E-state index in [0.717, 1.165) is 25.9 Å². The van der Waals surface area contributed by atoms with Crippen molar-refractivity contribution in [3.8, 4) is 0 Å². The summed E-state index contributed by atoms with van der Waals surface area (Å²) in [6.07, 6.45) is 0. The van der Waals surface area contributed by atoms with Crippen LogP contribution in [-0.4, -0.2) is 0 Å². The van der Waals surface area contributed by atoms with Crippen molar-refractivity contribution in [1.82, 2.24) is 0 Å². The van der Waals surface area contributed by atoms with Crippen molar-refractivity contribution in [2.24, 2.45) is 0 Å². The van der Waals surface area contributed by atoms with Gasteiger partial charge in [0, 0.05) is 31.3 Å². The topological polar surface area (TPSA) is 20.3 Å². The Bertz CT molecular complexity index is 1500. The molecule has 0 saturated heterocycles. The van der Waals surface area contributed by atoms with E-state index in [-0.39, 0.29) is 10.8 Å². The lowest BCUT2D eigenvalue weighted by Crippen LogP contribution is -2.30. The first-order valence-corrected chi connectivity index (χ1v) is 11.3. The first-order chi connectivity index (χ1) is 15.1. The molecule has 150 valence electrons. The van der Waals surface area contributed by atoms with Gasteiger partial charge >= 0.3 is 0 Å². The van der Waals surface area contributed by atoms with Crippen molar-refractivity contribution < 1.29 is 0 Å². The number of fused-ring (bicyclic) bond motifs is 4. The highest BCUT2D eigenvalue weighted by molar-refractivity contribution is 7.24. The van der Waals surface area contributed by atoms with Crippen LogP contribution in [0.15, 0.2) is 95.8 Å². The highest BCUT2D eigenvalue weighted by Crippen LogP contribution is 2.51. The quantitative estimate of drug-likeness (QED) is 0.262. The van der Waals surface area contributed by atoms with E-state index in [2.05, 4.69) is 85.5 Å². The number of benzene rings is 4. The molecule has 0 unspecified atom stereocenters. The third-order valence-corrected chi connectivity index (χ3v) is 7.61. The Morgan fingerprint density at radius 1 is 0.677 bits per heavy atom. The predicted octanol–water partition coefficient (Wildman–Crippen LogP) is 7.52. The molecule has 3 heteroatoms. The second-order valence-electron chi connectivity index (χ2n) is 8.60. The van der Waals surface area contributed by atoms with Gasteiger partial charge in [0.05, 0.1) is 11.4 Å². The highest BCUT2D eigenvalue weighted by Gasteiger charge is 2.36. The maximum atomic E-state index is 13.3. The van der Waals surface area contributed by atoms with Gasteiger partial charge in [-0.15, -0.1) is 11.3 Å². The van der Waals surface area contributed by atoms with Crippen molar-refractivity contribution in [2.75, 3.05) is 4.90 Å². The van der Waals surface area contributed by atoms with Gasteiger partial charge in [-0.3, -0.25) is 4.79 Å². The van der Waals surface area contributed by atoms with Crippen LogP contribution < -0.4 is 10.3 Å². The molecular formula is C28H21NOS. The SMILES string of the molecule is CC1(C)c2ccccc2N(c2ccc3sc4ccccc4c(=O)c3c2)c2ccccc21. The first kappa shape index (κ1) is 18.3. The van der Waals surface area contributed by atoms with E-state index < -0.39 is 0 Å². The number of nitrogens with zero attached hydrogens (tertiary/aromatic N) is 1. The molecule has 0 saturated carbocycles. The minimum atomic E-state index is -0.0947.